The Morgan fingerprint density at radius 1 is 1.47 bits per heavy atom. The molecule has 0 spiro atoms. The number of ether oxygens (including phenoxy) is 1. The van der Waals surface area contributed by atoms with E-state index < -0.39 is 10.8 Å². The van der Waals surface area contributed by atoms with Gasteiger partial charge in [-0.1, -0.05) is 12.1 Å². The summed E-state index contributed by atoms with van der Waals surface area (Å²) in [6.45, 7) is 1.80. The zero-order valence-corrected chi connectivity index (χ0v) is 9.55. The highest BCUT2D eigenvalue weighted by Gasteiger charge is 2.24. The van der Waals surface area contributed by atoms with Crippen LogP contribution in [0.15, 0.2) is 29.2 Å². The lowest BCUT2D eigenvalue weighted by Crippen LogP contribution is -2.19. The van der Waals surface area contributed by atoms with Crippen molar-refractivity contribution in [2.45, 2.75) is 16.6 Å². The average Bonchev–Trinajstić information content (AvgIpc) is 2.81. The van der Waals surface area contributed by atoms with E-state index in [9.17, 15) is 4.21 Å². The van der Waals surface area contributed by atoms with E-state index in [1.165, 1.54) is 0 Å². The molecule has 15 heavy (non-hydrogen) atoms. The molecular formula is C11H15NO2S. The van der Waals surface area contributed by atoms with Gasteiger partial charge in [0.15, 0.2) is 0 Å². The number of nitrogens with one attached hydrogen (secondary N) is 1. The van der Waals surface area contributed by atoms with E-state index in [4.69, 9.17) is 4.74 Å². The van der Waals surface area contributed by atoms with E-state index in [0.717, 1.165) is 30.2 Å². The molecule has 1 aliphatic heterocycles. The zero-order chi connectivity index (χ0) is 10.7. The standard InChI is InChI=1S/C11H15NO2S/c1-14-10-4-2-3-5-11(10)15(13)9-6-7-12-8-9/h2-5,9,12H,6-8H2,1H3. The first kappa shape index (κ1) is 10.6. The van der Waals surface area contributed by atoms with E-state index in [-0.39, 0.29) is 5.25 Å². The fraction of sp³-hybridized carbons (Fsp3) is 0.455. The first-order chi connectivity index (χ1) is 7.33. The smallest absolute Gasteiger partial charge is 0.134 e. The summed E-state index contributed by atoms with van der Waals surface area (Å²) < 4.78 is 17.4. The molecule has 4 heteroatoms. The molecule has 0 amide bonds. The van der Waals surface area contributed by atoms with Crippen LogP contribution in [-0.4, -0.2) is 29.7 Å². The van der Waals surface area contributed by atoms with Crippen LogP contribution < -0.4 is 10.1 Å². The van der Waals surface area contributed by atoms with Crippen LogP contribution in [0.3, 0.4) is 0 Å². The van der Waals surface area contributed by atoms with Crippen molar-refractivity contribution in [2.24, 2.45) is 0 Å². The predicted octanol–water partition coefficient (Wildman–Crippen LogP) is 1.16. The molecule has 1 N–H and O–H groups in total. The number of methoxy groups -OCH3 is 1. The van der Waals surface area contributed by atoms with E-state index in [0.29, 0.717) is 0 Å². The van der Waals surface area contributed by atoms with Crippen LogP contribution in [0.1, 0.15) is 6.42 Å². The van der Waals surface area contributed by atoms with Gasteiger partial charge in [0.05, 0.1) is 28.1 Å². The third-order valence-electron chi connectivity index (χ3n) is 2.60. The van der Waals surface area contributed by atoms with Gasteiger partial charge in [-0.05, 0) is 25.1 Å². The Labute approximate surface area is 92.3 Å². The van der Waals surface area contributed by atoms with E-state index in [2.05, 4.69) is 5.32 Å². The SMILES string of the molecule is COc1ccccc1S(=O)C1CCNC1. The van der Waals surface area contributed by atoms with Gasteiger partial charge in [-0.25, -0.2) is 0 Å². The second kappa shape index (κ2) is 4.77. The molecule has 3 nitrogen and oxygen atoms in total. The molecule has 0 radical (unpaired) electrons. The molecule has 2 unspecified atom stereocenters. The first-order valence-electron chi connectivity index (χ1n) is 5.07. The van der Waals surface area contributed by atoms with E-state index in [1.54, 1.807) is 7.11 Å². The lowest BCUT2D eigenvalue weighted by atomic mass is 10.3. The van der Waals surface area contributed by atoms with Crippen molar-refractivity contribution in [2.75, 3.05) is 20.2 Å². The van der Waals surface area contributed by atoms with E-state index in [1.807, 2.05) is 24.3 Å². The van der Waals surface area contributed by atoms with Crippen molar-refractivity contribution in [1.82, 2.24) is 5.32 Å². The van der Waals surface area contributed by atoms with Crippen molar-refractivity contribution in [3.8, 4) is 5.75 Å². The number of rotatable bonds is 3. The summed E-state index contributed by atoms with van der Waals surface area (Å²) in [6, 6.07) is 7.54. The molecule has 1 aromatic rings. The van der Waals surface area contributed by atoms with Crippen LogP contribution in [0.4, 0.5) is 0 Å². The quantitative estimate of drug-likeness (QED) is 0.839. The molecule has 1 aliphatic rings. The van der Waals surface area contributed by atoms with Gasteiger partial charge >= 0.3 is 0 Å². The lowest BCUT2D eigenvalue weighted by molar-refractivity contribution is 0.404. The Balaban J connectivity index is 2.24. The minimum Gasteiger partial charge on any atom is -0.495 e. The maximum atomic E-state index is 12.2. The minimum absolute atomic E-state index is 0.223. The monoisotopic (exact) mass is 225 g/mol. The number of hydrogen-bond donors (Lipinski definition) is 1. The molecule has 1 heterocycles. The highest BCUT2D eigenvalue weighted by atomic mass is 32.2. The molecule has 0 aromatic heterocycles. The van der Waals surface area contributed by atoms with Gasteiger partial charge in [-0.2, -0.15) is 0 Å². The third kappa shape index (κ3) is 2.21. The Morgan fingerprint density at radius 3 is 2.93 bits per heavy atom. The Bertz CT molecular complexity index is 361. The average molecular weight is 225 g/mol. The topological polar surface area (TPSA) is 38.3 Å². The van der Waals surface area contributed by atoms with Gasteiger partial charge in [0, 0.05) is 6.54 Å². The van der Waals surface area contributed by atoms with Crippen molar-refractivity contribution in [1.29, 1.82) is 0 Å². The molecule has 1 aromatic carbocycles. The zero-order valence-electron chi connectivity index (χ0n) is 8.73. The molecule has 0 aliphatic carbocycles. The molecule has 2 rings (SSSR count). The van der Waals surface area contributed by atoms with Gasteiger partial charge in [0.2, 0.25) is 0 Å². The fourth-order valence-electron chi connectivity index (χ4n) is 1.78. The summed E-state index contributed by atoms with van der Waals surface area (Å²) in [5.74, 6) is 0.725. The second-order valence-electron chi connectivity index (χ2n) is 3.56. The summed E-state index contributed by atoms with van der Waals surface area (Å²) in [6.07, 6.45) is 0.977. The first-order valence-corrected chi connectivity index (χ1v) is 6.28. The van der Waals surface area contributed by atoms with Gasteiger partial charge < -0.3 is 10.1 Å². The molecule has 1 fully saturated rings. The molecule has 1 saturated heterocycles. The minimum atomic E-state index is -0.958. The summed E-state index contributed by atoms with van der Waals surface area (Å²) in [5.41, 5.74) is 0. The van der Waals surface area contributed by atoms with Crippen molar-refractivity contribution in [3.05, 3.63) is 24.3 Å². The van der Waals surface area contributed by atoms with Crippen molar-refractivity contribution >= 4 is 10.8 Å². The molecule has 0 bridgehead atoms. The number of hydrogen-bond acceptors (Lipinski definition) is 3. The van der Waals surface area contributed by atoms with E-state index >= 15 is 0 Å². The van der Waals surface area contributed by atoms with Crippen LogP contribution in [0.25, 0.3) is 0 Å². The van der Waals surface area contributed by atoms with Crippen LogP contribution in [0.2, 0.25) is 0 Å². The van der Waals surface area contributed by atoms with Crippen LogP contribution in [0.5, 0.6) is 5.75 Å². The summed E-state index contributed by atoms with van der Waals surface area (Å²) in [4.78, 5) is 0.814. The highest BCUT2D eigenvalue weighted by Crippen LogP contribution is 2.25. The van der Waals surface area contributed by atoms with Crippen molar-refractivity contribution < 1.29 is 8.95 Å². The Morgan fingerprint density at radius 2 is 2.27 bits per heavy atom. The molecule has 82 valence electrons. The lowest BCUT2D eigenvalue weighted by Gasteiger charge is -2.11. The van der Waals surface area contributed by atoms with Crippen molar-refractivity contribution in [3.63, 3.8) is 0 Å². The predicted molar refractivity (Wildman–Crippen MR) is 60.7 cm³/mol. The normalized spacial score (nSPS) is 22.6. The summed E-state index contributed by atoms with van der Waals surface area (Å²) in [7, 11) is 0.656. The highest BCUT2D eigenvalue weighted by molar-refractivity contribution is 7.85. The molecule has 0 saturated carbocycles. The van der Waals surface area contributed by atoms with Crippen LogP contribution >= 0.6 is 0 Å². The summed E-state index contributed by atoms with van der Waals surface area (Å²) >= 11 is 0. The fourth-order valence-corrected chi connectivity index (χ4v) is 3.30. The summed E-state index contributed by atoms with van der Waals surface area (Å²) in [5, 5.41) is 3.45. The molecule has 2 atom stereocenters. The van der Waals surface area contributed by atoms with Gasteiger partial charge in [-0.15, -0.1) is 0 Å². The third-order valence-corrected chi connectivity index (χ3v) is 4.38. The molecular weight excluding hydrogens is 210 g/mol. The maximum Gasteiger partial charge on any atom is 0.134 e. The largest absolute Gasteiger partial charge is 0.495 e. The van der Waals surface area contributed by atoms with Gasteiger partial charge in [0.25, 0.3) is 0 Å². The number of para-hydroxylation sites is 1. The maximum absolute atomic E-state index is 12.2. The second-order valence-corrected chi connectivity index (χ2v) is 5.26. The number of benzene rings is 1. The van der Waals surface area contributed by atoms with Crippen LogP contribution in [-0.2, 0) is 10.8 Å². The van der Waals surface area contributed by atoms with Gasteiger partial charge in [0.1, 0.15) is 5.75 Å². The van der Waals surface area contributed by atoms with Crippen LogP contribution in [0, 0.1) is 0 Å². The Kier molecular flexibility index (Phi) is 3.38. The van der Waals surface area contributed by atoms with Gasteiger partial charge in [-0.3, -0.25) is 4.21 Å². The Hall–Kier alpha value is -0.870.